The molecule has 0 saturated carbocycles. The number of carbonyl (C=O) groups excluding carboxylic acids is 2. The van der Waals surface area contributed by atoms with Gasteiger partial charge in [0, 0.05) is 23.7 Å². The second kappa shape index (κ2) is 7.44. The van der Waals surface area contributed by atoms with Gasteiger partial charge in [0.1, 0.15) is 5.75 Å². The molecule has 0 radical (unpaired) electrons. The molecule has 0 spiro atoms. The smallest absolute Gasteiger partial charge is 0.319 e. The van der Waals surface area contributed by atoms with Crippen LogP contribution in [0.2, 0.25) is 5.02 Å². The number of anilines is 2. The molecule has 0 unspecified atom stereocenters. The van der Waals surface area contributed by atoms with E-state index < -0.39 is 6.03 Å². The van der Waals surface area contributed by atoms with Crippen molar-refractivity contribution in [1.82, 2.24) is 5.32 Å². The number of rotatable bonds is 4. The van der Waals surface area contributed by atoms with Crippen LogP contribution >= 0.6 is 11.6 Å². The van der Waals surface area contributed by atoms with Crippen molar-refractivity contribution in [3.63, 3.8) is 0 Å². The van der Waals surface area contributed by atoms with E-state index in [1.165, 1.54) is 7.11 Å². The van der Waals surface area contributed by atoms with Crippen molar-refractivity contribution in [1.29, 1.82) is 0 Å². The summed E-state index contributed by atoms with van der Waals surface area (Å²) < 4.78 is 5.20. The lowest BCUT2D eigenvalue weighted by Gasteiger charge is -2.17. The van der Waals surface area contributed by atoms with E-state index in [2.05, 4.69) is 10.6 Å². The minimum absolute atomic E-state index is 0.0168. The molecule has 0 bridgehead atoms. The zero-order valence-corrected chi connectivity index (χ0v) is 14.4. The summed E-state index contributed by atoms with van der Waals surface area (Å²) in [6.07, 6.45) is 0.259. The highest BCUT2D eigenvalue weighted by Gasteiger charge is 2.31. The van der Waals surface area contributed by atoms with Gasteiger partial charge in [-0.25, -0.2) is 4.79 Å². The molecule has 2 N–H and O–H groups in total. The van der Waals surface area contributed by atoms with Crippen molar-refractivity contribution in [2.24, 2.45) is 0 Å². The molecular formula is C18H18ClN3O3. The number of hydrogen-bond donors (Lipinski definition) is 2. The maximum atomic E-state index is 12.2. The van der Waals surface area contributed by atoms with E-state index in [4.69, 9.17) is 16.3 Å². The number of benzene rings is 2. The Hall–Kier alpha value is -2.73. The zero-order valence-electron chi connectivity index (χ0n) is 13.7. The molecule has 2 aromatic rings. The van der Waals surface area contributed by atoms with Crippen LogP contribution in [-0.2, 0) is 4.79 Å². The molecule has 1 fully saturated rings. The Kier molecular flexibility index (Phi) is 5.09. The molecule has 6 nitrogen and oxygen atoms in total. The molecule has 1 aliphatic rings. The van der Waals surface area contributed by atoms with Gasteiger partial charge in [0.2, 0.25) is 5.91 Å². The summed E-state index contributed by atoms with van der Waals surface area (Å²) in [4.78, 5) is 26.1. The number of carbonyl (C=O) groups is 2. The average Bonchev–Trinajstić information content (AvgIpc) is 2.96. The normalized spacial score (nSPS) is 16.6. The van der Waals surface area contributed by atoms with Crippen LogP contribution in [-0.4, -0.2) is 31.6 Å². The highest BCUT2D eigenvalue weighted by molar-refractivity contribution is 6.31. The van der Waals surface area contributed by atoms with Gasteiger partial charge in [-0.2, -0.15) is 0 Å². The number of nitrogens with one attached hydrogen (secondary N) is 2. The van der Waals surface area contributed by atoms with E-state index >= 15 is 0 Å². The molecule has 1 saturated heterocycles. The summed E-state index contributed by atoms with van der Waals surface area (Å²) in [5.74, 6) is 0.491. The van der Waals surface area contributed by atoms with Crippen LogP contribution in [0.5, 0.6) is 5.75 Å². The van der Waals surface area contributed by atoms with Crippen LogP contribution in [0.4, 0.5) is 16.2 Å². The van der Waals surface area contributed by atoms with E-state index in [0.717, 1.165) is 5.69 Å². The first-order chi connectivity index (χ1) is 12.1. The molecular weight excluding hydrogens is 342 g/mol. The van der Waals surface area contributed by atoms with Crippen molar-refractivity contribution in [3.05, 3.63) is 53.6 Å². The van der Waals surface area contributed by atoms with Crippen LogP contribution < -0.4 is 20.3 Å². The molecule has 3 amide bonds. The summed E-state index contributed by atoms with van der Waals surface area (Å²) in [7, 11) is 1.51. The molecule has 1 aliphatic heterocycles. The SMILES string of the molecule is COc1ccc(Cl)cc1NC(=O)N[C@@H]1CC(=O)N(c2ccccc2)C1. The van der Waals surface area contributed by atoms with Crippen LogP contribution in [0.15, 0.2) is 48.5 Å². The number of urea groups is 1. The first-order valence-electron chi connectivity index (χ1n) is 7.83. The van der Waals surface area contributed by atoms with Gasteiger partial charge >= 0.3 is 6.03 Å². The third-order valence-electron chi connectivity index (χ3n) is 3.94. The van der Waals surface area contributed by atoms with Gasteiger partial charge in [0.25, 0.3) is 0 Å². The number of hydrogen-bond acceptors (Lipinski definition) is 3. The van der Waals surface area contributed by atoms with Crippen LogP contribution in [0.1, 0.15) is 6.42 Å². The Balaban J connectivity index is 1.63. The van der Waals surface area contributed by atoms with E-state index in [9.17, 15) is 9.59 Å². The van der Waals surface area contributed by atoms with Gasteiger partial charge in [0.05, 0.1) is 18.8 Å². The highest BCUT2D eigenvalue weighted by Crippen LogP contribution is 2.27. The minimum Gasteiger partial charge on any atom is -0.495 e. The summed E-state index contributed by atoms with van der Waals surface area (Å²) in [5, 5.41) is 6.01. The zero-order chi connectivity index (χ0) is 17.8. The third-order valence-corrected chi connectivity index (χ3v) is 4.17. The lowest BCUT2D eigenvalue weighted by molar-refractivity contribution is -0.117. The molecule has 0 aliphatic carbocycles. The summed E-state index contributed by atoms with van der Waals surface area (Å²) in [6, 6.07) is 13.7. The second-order valence-electron chi connectivity index (χ2n) is 5.68. The monoisotopic (exact) mass is 359 g/mol. The fourth-order valence-corrected chi connectivity index (χ4v) is 2.96. The summed E-state index contributed by atoms with van der Waals surface area (Å²) >= 11 is 5.96. The molecule has 7 heteroatoms. The number of nitrogens with zero attached hydrogens (tertiary/aromatic N) is 1. The standard InChI is InChI=1S/C18H18ClN3O3/c1-25-16-8-7-12(19)9-15(16)21-18(24)20-13-10-17(23)22(11-13)14-5-3-2-4-6-14/h2-9,13H,10-11H2,1H3,(H2,20,21,24)/t13-/m1/s1. The first kappa shape index (κ1) is 17.1. The first-order valence-corrected chi connectivity index (χ1v) is 8.21. The van der Waals surface area contributed by atoms with Crippen molar-refractivity contribution < 1.29 is 14.3 Å². The van der Waals surface area contributed by atoms with Crippen LogP contribution in [0.25, 0.3) is 0 Å². The van der Waals surface area contributed by atoms with Crippen molar-refractivity contribution in [2.75, 3.05) is 23.9 Å². The summed E-state index contributed by atoms with van der Waals surface area (Å²) in [5.41, 5.74) is 1.30. The van der Waals surface area contributed by atoms with E-state index in [1.54, 1.807) is 23.1 Å². The number of ether oxygens (including phenoxy) is 1. The van der Waals surface area contributed by atoms with Crippen molar-refractivity contribution in [3.8, 4) is 5.75 Å². The van der Waals surface area contributed by atoms with E-state index in [1.807, 2.05) is 30.3 Å². The topological polar surface area (TPSA) is 70.7 Å². The Morgan fingerprint density at radius 1 is 1.24 bits per heavy atom. The van der Waals surface area contributed by atoms with Gasteiger partial charge in [-0.15, -0.1) is 0 Å². The van der Waals surface area contributed by atoms with Gasteiger partial charge in [-0.1, -0.05) is 29.8 Å². The molecule has 25 heavy (non-hydrogen) atoms. The molecule has 3 rings (SSSR count). The van der Waals surface area contributed by atoms with E-state index in [0.29, 0.717) is 23.0 Å². The third kappa shape index (κ3) is 4.03. The summed E-state index contributed by atoms with van der Waals surface area (Å²) in [6.45, 7) is 0.433. The minimum atomic E-state index is -0.409. The molecule has 130 valence electrons. The van der Waals surface area contributed by atoms with Crippen LogP contribution in [0, 0.1) is 0 Å². The Labute approximate surface area is 150 Å². The van der Waals surface area contributed by atoms with Crippen LogP contribution in [0.3, 0.4) is 0 Å². The fourth-order valence-electron chi connectivity index (χ4n) is 2.78. The largest absolute Gasteiger partial charge is 0.495 e. The number of halogens is 1. The van der Waals surface area contributed by atoms with Crippen molar-refractivity contribution in [2.45, 2.75) is 12.5 Å². The van der Waals surface area contributed by atoms with Gasteiger partial charge < -0.3 is 20.3 Å². The number of amides is 3. The van der Waals surface area contributed by atoms with E-state index in [-0.39, 0.29) is 18.4 Å². The van der Waals surface area contributed by atoms with Gasteiger partial charge in [-0.3, -0.25) is 4.79 Å². The molecule has 1 atom stereocenters. The number of para-hydroxylation sites is 1. The molecule has 1 heterocycles. The molecule has 0 aromatic heterocycles. The Morgan fingerprint density at radius 2 is 2.00 bits per heavy atom. The highest BCUT2D eigenvalue weighted by atomic mass is 35.5. The fraction of sp³-hybridized carbons (Fsp3) is 0.222. The van der Waals surface area contributed by atoms with Gasteiger partial charge in [0.15, 0.2) is 0 Å². The predicted octanol–water partition coefficient (Wildman–Crippen LogP) is 3.28. The molecule has 2 aromatic carbocycles. The predicted molar refractivity (Wildman–Crippen MR) is 97.4 cm³/mol. The lowest BCUT2D eigenvalue weighted by Crippen LogP contribution is -2.39. The quantitative estimate of drug-likeness (QED) is 0.880. The maximum absolute atomic E-state index is 12.2. The second-order valence-corrected chi connectivity index (χ2v) is 6.12. The maximum Gasteiger partial charge on any atom is 0.319 e. The average molecular weight is 360 g/mol. The van der Waals surface area contributed by atoms with Gasteiger partial charge in [-0.05, 0) is 30.3 Å². The number of methoxy groups -OCH3 is 1. The van der Waals surface area contributed by atoms with Crippen molar-refractivity contribution >= 4 is 34.9 Å². The lowest BCUT2D eigenvalue weighted by atomic mass is 10.2. The Bertz CT molecular complexity index is 782. The Morgan fingerprint density at radius 3 is 2.72 bits per heavy atom.